The van der Waals surface area contributed by atoms with Gasteiger partial charge in [-0.25, -0.2) is 0 Å². The van der Waals surface area contributed by atoms with Crippen LogP contribution in [0.3, 0.4) is 0 Å². The average molecular weight is 458 g/mol. The van der Waals surface area contributed by atoms with Crippen molar-refractivity contribution in [2.45, 2.75) is 45.6 Å². The quantitative estimate of drug-likeness (QED) is 0.495. The van der Waals surface area contributed by atoms with Crippen molar-refractivity contribution in [2.75, 3.05) is 0 Å². The largest absolute Gasteiger partial charge is 0.504 e. The van der Waals surface area contributed by atoms with Gasteiger partial charge in [-0.2, -0.15) is 5.26 Å². The number of ether oxygens (including phenoxy) is 1. The molecule has 7 heteroatoms. The normalized spacial score (nSPS) is 15.1. The highest BCUT2D eigenvalue weighted by Gasteiger charge is 2.34. The molecule has 0 saturated heterocycles. The first-order valence-corrected chi connectivity index (χ1v) is 11.1. The van der Waals surface area contributed by atoms with Crippen molar-refractivity contribution in [3.63, 3.8) is 0 Å². The number of aromatic hydroxyl groups is 2. The lowest BCUT2D eigenvalue weighted by molar-refractivity contribution is 0.388. The van der Waals surface area contributed by atoms with Crippen LogP contribution >= 0.6 is 0 Å². The maximum atomic E-state index is 13.7. The smallest absolute Gasteiger partial charge is 0.258 e. The Morgan fingerprint density at radius 3 is 2.44 bits per heavy atom. The van der Waals surface area contributed by atoms with E-state index >= 15 is 0 Å². The number of fused-ring (bicyclic) bond motifs is 1. The molecular weight excluding hydrogens is 430 g/mol. The minimum atomic E-state index is -0.632. The number of nitriles is 1. The van der Waals surface area contributed by atoms with Crippen LogP contribution in [0.4, 0.5) is 0 Å². The van der Waals surface area contributed by atoms with Gasteiger partial charge in [-0.15, -0.1) is 0 Å². The third kappa shape index (κ3) is 4.11. The van der Waals surface area contributed by atoms with Crippen LogP contribution in [0.1, 0.15) is 53.6 Å². The van der Waals surface area contributed by atoms with Gasteiger partial charge in [-0.1, -0.05) is 44.2 Å². The van der Waals surface area contributed by atoms with Crippen LogP contribution in [0.25, 0.3) is 0 Å². The minimum absolute atomic E-state index is 0.00375. The number of hydrogen-bond acceptors (Lipinski definition) is 6. The molecule has 0 bridgehead atoms. The first-order valence-electron chi connectivity index (χ1n) is 11.1. The van der Waals surface area contributed by atoms with Crippen molar-refractivity contribution < 1.29 is 14.9 Å². The summed E-state index contributed by atoms with van der Waals surface area (Å²) in [6, 6.07) is 16.4. The third-order valence-electron chi connectivity index (χ3n) is 6.29. The number of phenolic OH excluding ortho intramolecular Hbond substituents is 2. The maximum Gasteiger partial charge on any atom is 0.258 e. The van der Waals surface area contributed by atoms with E-state index in [-0.39, 0.29) is 28.5 Å². The van der Waals surface area contributed by atoms with Crippen LogP contribution in [0.15, 0.2) is 64.8 Å². The van der Waals surface area contributed by atoms with Crippen molar-refractivity contribution in [3.8, 4) is 23.3 Å². The predicted octanol–water partition coefficient (Wildman–Crippen LogP) is 4.15. The van der Waals surface area contributed by atoms with Gasteiger partial charge >= 0.3 is 0 Å². The maximum absolute atomic E-state index is 13.7. The van der Waals surface area contributed by atoms with Gasteiger partial charge in [0.05, 0.1) is 11.5 Å². The summed E-state index contributed by atoms with van der Waals surface area (Å²) in [6.07, 6.45) is 0.463. The number of nitrogens with zero attached hydrogens (tertiary/aromatic N) is 2. The number of benzene rings is 2. The van der Waals surface area contributed by atoms with E-state index in [1.54, 1.807) is 16.7 Å². The average Bonchev–Trinajstić information content (AvgIpc) is 2.80. The number of allylic oxidation sites excluding steroid dienone is 1. The monoisotopic (exact) mass is 457 g/mol. The molecule has 4 rings (SSSR count). The van der Waals surface area contributed by atoms with E-state index in [2.05, 4.69) is 19.9 Å². The molecule has 1 aliphatic heterocycles. The summed E-state index contributed by atoms with van der Waals surface area (Å²) in [5, 5.41) is 29.2. The number of nitrogens with two attached hydrogens (primary N) is 1. The lowest BCUT2D eigenvalue weighted by Gasteiger charge is -2.27. The third-order valence-corrected chi connectivity index (χ3v) is 6.29. The van der Waals surface area contributed by atoms with Crippen LogP contribution in [0, 0.1) is 18.3 Å². The number of rotatable bonds is 5. The Hall–Kier alpha value is -4.18. The van der Waals surface area contributed by atoms with Crippen molar-refractivity contribution >= 4 is 0 Å². The van der Waals surface area contributed by atoms with Gasteiger partial charge in [0.1, 0.15) is 17.4 Å². The Labute approximate surface area is 198 Å². The highest BCUT2D eigenvalue weighted by molar-refractivity contribution is 5.55. The Morgan fingerprint density at radius 2 is 1.82 bits per heavy atom. The van der Waals surface area contributed by atoms with Crippen molar-refractivity contribution in [3.05, 3.63) is 98.3 Å². The zero-order chi connectivity index (χ0) is 24.6. The van der Waals surface area contributed by atoms with E-state index in [1.165, 1.54) is 12.1 Å². The Morgan fingerprint density at radius 1 is 1.12 bits per heavy atom. The van der Waals surface area contributed by atoms with E-state index in [0.717, 1.165) is 16.7 Å². The van der Waals surface area contributed by atoms with Crippen LogP contribution in [-0.4, -0.2) is 14.8 Å². The molecule has 7 nitrogen and oxygen atoms in total. The number of hydrogen-bond donors (Lipinski definition) is 3. The lowest BCUT2D eigenvalue weighted by Crippen LogP contribution is -2.33. The molecule has 0 spiro atoms. The fraction of sp³-hybridized carbons (Fsp3) is 0.259. The molecule has 1 aromatic heterocycles. The van der Waals surface area contributed by atoms with Gasteiger partial charge in [-0.05, 0) is 48.1 Å². The summed E-state index contributed by atoms with van der Waals surface area (Å²) in [4.78, 5) is 13.7. The number of aryl methyl sites for hydroxylation is 2. The van der Waals surface area contributed by atoms with Gasteiger partial charge in [0.2, 0.25) is 5.88 Å². The standard InChI is InChI=1S/C27H27N3O4/c1-15(2)18-5-7-19(8-6-18)24-20(14-28)26(29)34-23-12-16(3)30(27(33)25(23)24)11-10-17-4-9-21(31)22(32)13-17/h4-9,12-13,15,24,31-32H,10-11,29H2,1-3H3/t24-/m1/s1. The van der Waals surface area contributed by atoms with Crippen molar-refractivity contribution in [2.24, 2.45) is 5.73 Å². The fourth-order valence-electron chi connectivity index (χ4n) is 4.34. The van der Waals surface area contributed by atoms with Crippen LogP contribution in [0.5, 0.6) is 17.2 Å². The van der Waals surface area contributed by atoms with Gasteiger partial charge < -0.3 is 25.3 Å². The van der Waals surface area contributed by atoms with Gasteiger partial charge in [-0.3, -0.25) is 4.79 Å². The van der Waals surface area contributed by atoms with Crippen LogP contribution in [-0.2, 0) is 13.0 Å². The fourth-order valence-corrected chi connectivity index (χ4v) is 4.34. The first kappa shape index (κ1) is 23.0. The van der Waals surface area contributed by atoms with Crippen LogP contribution < -0.4 is 16.0 Å². The molecule has 4 N–H and O–H groups in total. The topological polar surface area (TPSA) is 122 Å². The zero-order valence-electron chi connectivity index (χ0n) is 19.4. The zero-order valence-corrected chi connectivity index (χ0v) is 19.4. The molecule has 0 unspecified atom stereocenters. The van der Waals surface area contributed by atoms with E-state index in [0.29, 0.717) is 35.9 Å². The van der Waals surface area contributed by atoms with Gasteiger partial charge in [0.15, 0.2) is 11.5 Å². The highest BCUT2D eigenvalue weighted by atomic mass is 16.5. The second kappa shape index (κ2) is 8.99. The summed E-state index contributed by atoms with van der Waals surface area (Å²) in [7, 11) is 0. The van der Waals surface area contributed by atoms with Gasteiger partial charge in [0.25, 0.3) is 5.56 Å². The Balaban J connectivity index is 1.79. The van der Waals surface area contributed by atoms with E-state index in [1.807, 2.05) is 31.2 Å². The van der Waals surface area contributed by atoms with Crippen molar-refractivity contribution in [1.82, 2.24) is 4.57 Å². The van der Waals surface area contributed by atoms with Gasteiger partial charge in [0, 0.05) is 18.3 Å². The van der Waals surface area contributed by atoms with E-state index in [9.17, 15) is 20.3 Å². The molecule has 34 heavy (non-hydrogen) atoms. The highest BCUT2D eigenvalue weighted by Crippen LogP contribution is 2.40. The molecule has 0 aliphatic carbocycles. The summed E-state index contributed by atoms with van der Waals surface area (Å²) in [5.74, 6) is -0.315. The summed E-state index contributed by atoms with van der Waals surface area (Å²) < 4.78 is 7.36. The number of aromatic nitrogens is 1. The molecule has 0 fully saturated rings. The number of phenols is 2. The summed E-state index contributed by atoms with van der Waals surface area (Å²) in [5.41, 5.74) is 9.84. The number of pyridine rings is 1. The molecule has 1 atom stereocenters. The molecule has 2 aromatic carbocycles. The minimum Gasteiger partial charge on any atom is -0.504 e. The molecule has 0 amide bonds. The molecule has 0 saturated carbocycles. The molecule has 3 aromatic rings. The summed E-state index contributed by atoms with van der Waals surface area (Å²) >= 11 is 0. The second-order valence-corrected chi connectivity index (χ2v) is 8.84. The lowest BCUT2D eigenvalue weighted by atomic mass is 9.83. The van der Waals surface area contributed by atoms with Crippen LogP contribution in [0.2, 0.25) is 0 Å². The molecule has 2 heterocycles. The Bertz CT molecular complexity index is 1380. The molecular formula is C27H27N3O4. The molecule has 174 valence electrons. The van der Waals surface area contributed by atoms with E-state index in [4.69, 9.17) is 10.5 Å². The SMILES string of the molecule is Cc1cc2c(c(=O)n1CCc1ccc(O)c(O)c1)[C@H](c1ccc(C(C)C)cc1)C(C#N)=C(N)O2. The predicted molar refractivity (Wildman–Crippen MR) is 129 cm³/mol. The Kier molecular flexibility index (Phi) is 6.08. The van der Waals surface area contributed by atoms with Crippen molar-refractivity contribution in [1.29, 1.82) is 5.26 Å². The summed E-state index contributed by atoms with van der Waals surface area (Å²) in [6.45, 7) is 6.37. The second-order valence-electron chi connectivity index (χ2n) is 8.84. The first-order chi connectivity index (χ1) is 16.2. The van der Waals surface area contributed by atoms with E-state index < -0.39 is 5.92 Å². The molecule has 1 aliphatic rings. The molecule has 0 radical (unpaired) electrons.